The molecule has 0 rings (SSSR count). The number of ketones is 1. The summed E-state index contributed by atoms with van der Waals surface area (Å²) in [5, 5.41) is 8.56. The summed E-state index contributed by atoms with van der Waals surface area (Å²) in [7, 11) is 0. The molecule has 0 aromatic rings. The molecule has 0 aliphatic heterocycles. The van der Waals surface area contributed by atoms with Crippen molar-refractivity contribution in [2.45, 2.75) is 26.5 Å². The van der Waals surface area contributed by atoms with E-state index in [0.717, 1.165) is 0 Å². The van der Waals surface area contributed by atoms with Gasteiger partial charge in [0.2, 0.25) is 0 Å². The Hall–Kier alpha value is -0.940. The normalized spacial score (nSPS) is 12.3. The van der Waals surface area contributed by atoms with E-state index < -0.39 is 12.2 Å². The fraction of sp³-hybridized carbons (Fsp3) is 0.667. The molecule has 0 amide bonds. The van der Waals surface area contributed by atoms with Gasteiger partial charge in [0.15, 0.2) is 0 Å². The average Bonchev–Trinajstić information content (AvgIpc) is 1.82. The van der Waals surface area contributed by atoms with Gasteiger partial charge in [-0.1, -0.05) is 0 Å². The molecule has 11 heavy (non-hydrogen) atoms. The number of carbonyl (C=O) groups is 2. The lowest BCUT2D eigenvalue weighted by Gasteiger charge is -2.05. The highest BCUT2D eigenvalue weighted by Gasteiger charge is 2.06. The number of aliphatic hydroxyl groups excluding tert-OH is 1. The molecule has 0 aliphatic rings. The van der Waals surface area contributed by atoms with E-state index in [2.05, 4.69) is 4.84 Å². The highest BCUT2D eigenvalue weighted by atomic mass is 16.7. The van der Waals surface area contributed by atoms with Crippen molar-refractivity contribution in [1.29, 1.82) is 0 Å². The fourth-order valence-electron chi connectivity index (χ4n) is 0.390. The second-order valence-electron chi connectivity index (χ2n) is 2.15. The Labute approximate surface area is 64.3 Å². The lowest BCUT2D eigenvalue weighted by atomic mass is 10.3. The van der Waals surface area contributed by atoms with Crippen molar-refractivity contribution in [3.05, 3.63) is 0 Å². The zero-order chi connectivity index (χ0) is 8.85. The molecule has 1 atom stereocenters. The van der Waals surface area contributed by atoms with E-state index in [1.165, 1.54) is 13.8 Å². The van der Waals surface area contributed by atoms with E-state index in [9.17, 15) is 9.59 Å². The number of hydrogen-bond acceptors (Lipinski definition) is 5. The fourth-order valence-corrected chi connectivity index (χ4v) is 0.390. The van der Waals surface area contributed by atoms with Crippen molar-refractivity contribution < 1.29 is 19.5 Å². The zero-order valence-corrected chi connectivity index (χ0v) is 6.46. The minimum absolute atomic E-state index is 0.276. The van der Waals surface area contributed by atoms with Crippen LogP contribution in [0.1, 0.15) is 20.3 Å². The predicted octanol–water partition coefficient (Wildman–Crippen LogP) is -0.648. The summed E-state index contributed by atoms with van der Waals surface area (Å²) < 4.78 is 0. The molecule has 0 spiro atoms. The molecule has 0 fully saturated rings. The van der Waals surface area contributed by atoms with Crippen LogP contribution in [-0.2, 0) is 14.4 Å². The summed E-state index contributed by atoms with van der Waals surface area (Å²) in [5.74, 6) is -0.971. The third-order valence-electron chi connectivity index (χ3n) is 0.737. The SMILES string of the molecule is CC(=O)CC(=O)ONC(C)O. The monoisotopic (exact) mass is 161 g/mol. The molecule has 0 saturated carbocycles. The summed E-state index contributed by atoms with van der Waals surface area (Å²) in [4.78, 5) is 25.1. The van der Waals surface area contributed by atoms with E-state index in [-0.39, 0.29) is 12.2 Å². The summed E-state index contributed by atoms with van der Waals surface area (Å²) >= 11 is 0. The van der Waals surface area contributed by atoms with Gasteiger partial charge in [0, 0.05) is 0 Å². The second-order valence-corrected chi connectivity index (χ2v) is 2.15. The van der Waals surface area contributed by atoms with E-state index in [1.807, 2.05) is 5.48 Å². The summed E-state index contributed by atoms with van der Waals surface area (Å²) in [6.45, 7) is 2.67. The first-order valence-corrected chi connectivity index (χ1v) is 3.15. The third kappa shape index (κ3) is 6.95. The van der Waals surface area contributed by atoms with Crippen LogP contribution >= 0.6 is 0 Å². The van der Waals surface area contributed by atoms with Crippen molar-refractivity contribution in [3.63, 3.8) is 0 Å². The first-order chi connectivity index (χ1) is 5.02. The number of aliphatic hydroxyl groups is 1. The summed E-state index contributed by atoms with van der Waals surface area (Å²) in [6, 6.07) is 0. The van der Waals surface area contributed by atoms with Crippen molar-refractivity contribution in [3.8, 4) is 0 Å². The van der Waals surface area contributed by atoms with Crippen molar-refractivity contribution in [1.82, 2.24) is 5.48 Å². The molecule has 0 heterocycles. The van der Waals surface area contributed by atoms with Gasteiger partial charge in [-0.15, -0.1) is 5.48 Å². The van der Waals surface area contributed by atoms with Crippen LogP contribution in [0.4, 0.5) is 0 Å². The number of carbonyl (C=O) groups excluding carboxylic acids is 2. The Morgan fingerprint density at radius 2 is 2.18 bits per heavy atom. The van der Waals surface area contributed by atoms with Gasteiger partial charge in [-0.3, -0.25) is 4.79 Å². The molecule has 2 N–H and O–H groups in total. The van der Waals surface area contributed by atoms with Gasteiger partial charge in [0.25, 0.3) is 0 Å². The summed E-state index contributed by atoms with van der Waals surface area (Å²) in [6.07, 6.45) is -1.20. The molecule has 0 aromatic heterocycles. The Morgan fingerprint density at radius 1 is 1.64 bits per heavy atom. The Kier molecular flexibility index (Phi) is 4.40. The minimum Gasteiger partial charge on any atom is -0.376 e. The van der Waals surface area contributed by atoms with Crippen LogP contribution in [0.5, 0.6) is 0 Å². The van der Waals surface area contributed by atoms with Gasteiger partial charge in [-0.05, 0) is 13.8 Å². The predicted molar refractivity (Wildman–Crippen MR) is 36.2 cm³/mol. The molecular formula is C6H11NO4. The Morgan fingerprint density at radius 3 is 2.55 bits per heavy atom. The van der Waals surface area contributed by atoms with Crippen molar-refractivity contribution in [2.75, 3.05) is 0 Å². The van der Waals surface area contributed by atoms with E-state index in [1.54, 1.807) is 0 Å². The number of hydrogen-bond donors (Lipinski definition) is 2. The highest BCUT2D eigenvalue weighted by Crippen LogP contribution is 1.85. The van der Waals surface area contributed by atoms with Gasteiger partial charge in [-0.2, -0.15) is 0 Å². The van der Waals surface area contributed by atoms with Crippen molar-refractivity contribution in [2.24, 2.45) is 0 Å². The molecule has 64 valence electrons. The van der Waals surface area contributed by atoms with Gasteiger partial charge < -0.3 is 9.94 Å². The van der Waals surface area contributed by atoms with E-state index >= 15 is 0 Å². The average molecular weight is 161 g/mol. The van der Waals surface area contributed by atoms with Crippen LogP contribution in [0, 0.1) is 0 Å². The maximum absolute atomic E-state index is 10.5. The molecule has 5 heteroatoms. The quantitative estimate of drug-likeness (QED) is 0.325. The lowest BCUT2D eigenvalue weighted by molar-refractivity contribution is -0.159. The number of rotatable bonds is 4. The molecule has 0 radical (unpaired) electrons. The maximum atomic E-state index is 10.5. The Bertz CT molecular complexity index is 155. The standard InChI is InChI=1S/C6H11NO4/c1-4(8)3-6(10)11-7-5(2)9/h5,7,9H,3H2,1-2H3. The second kappa shape index (κ2) is 4.81. The zero-order valence-electron chi connectivity index (χ0n) is 6.46. The smallest absolute Gasteiger partial charge is 0.332 e. The van der Waals surface area contributed by atoms with Crippen LogP contribution in [0.25, 0.3) is 0 Å². The molecule has 0 aliphatic carbocycles. The molecule has 0 aromatic carbocycles. The highest BCUT2D eigenvalue weighted by molar-refractivity contribution is 5.93. The van der Waals surface area contributed by atoms with Gasteiger partial charge in [0.1, 0.15) is 18.4 Å². The van der Waals surface area contributed by atoms with Crippen LogP contribution in [-0.4, -0.2) is 23.1 Å². The first-order valence-electron chi connectivity index (χ1n) is 3.15. The molecular weight excluding hydrogens is 150 g/mol. The van der Waals surface area contributed by atoms with E-state index in [4.69, 9.17) is 5.11 Å². The van der Waals surface area contributed by atoms with E-state index in [0.29, 0.717) is 0 Å². The van der Waals surface area contributed by atoms with Gasteiger partial charge in [0.05, 0.1) is 0 Å². The lowest BCUT2D eigenvalue weighted by Crippen LogP contribution is -2.29. The minimum atomic E-state index is -0.925. The number of nitrogens with one attached hydrogen (secondary N) is 1. The molecule has 0 saturated heterocycles. The van der Waals surface area contributed by atoms with Crippen LogP contribution in [0.2, 0.25) is 0 Å². The number of hydroxylamine groups is 1. The van der Waals surface area contributed by atoms with Crippen molar-refractivity contribution >= 4 is 11.8 Å². The van der Waals surface area contributed by atoms with Crippen LogP contribution in [0.3, 0.4) is 0 Å². The number of Topliss-reactive ketones (excluding diaryl/α,β-unsaturated/α-hetero) is 1. The third-order valence-corrected chi connectivity index (χ3v) is 0.737. The van der Waals surface area contributed by atoms with Crippen LogP contribution < -0.4 is 5.48 Å². The Balaban J connectivity index is 3.46. The molecule has 5 nitrogen and oxygen atoms in total. The molecule has 0 bridgehead atoms. The summed E-state index contributed by atoms with van der Waals surface area (Å²) in [5.41, 5.74) is 2.00. The van der Waals surface area contributed by atoms with Gasteiger partial charge in [-0.25, -0.2) is 4.79 Å². The topological polar surface area (TPSA) is 75.6 Å². The molecule has 1 unspecified atom stereocenters. The van der Waals surface area contributed by atoms with Crippen LogP contribution in [0.15, 0.2) is 0 Å². The largest absolute Gasteiger partial charge is 0.376 e. The van der Waals surface area contributed by atoms with Gasteiger partial charge >= 0.3 is 5.97 Å². The maximum Gasteiger partial charge on any atom is 0.332 e. The first kappa shape index (κ1) is 10.1.